The van der Waals surface area contributed by atoms with E-state index in [1.165, 1.54) is 0 Å². The molecule has 5 nitrogen and oxygen atoms in total. The lowest BCUT2D eigenvalue weighted by Gasteiger charge is -2.47. The van der Waals surface area contributed by atoms with Crippen molar-refractivity contribution < 1.29 is 4.74 Å². The minimum Gasteiger partial charge on any atom is -0.366 e. The van der Waals surface area contributed by atoms with Gasteiger partial charge >= 0.3 is 0 Å². The van der Waals surface area contributed by atoms with E-state index in [1.807, 2.05) is 0 Å². The number of aromatic amines is 1. The summed E-state index contributed by atoms with van der Waals surface area (Å²) in [5.74, 6) is 1.36. The van der Waals surface area contributed by atoms with Crippen LogP contribution in [-0.2, 0) is 4.74 Å². The quantitative estimate of drug-likeness (QED) is 0.821. The highest BCUT2D eigenvalue weighted by atomic mass is 16.5. The minimum atomic E-state index is -0.250. The SMILES string of the molecule is Cc1nc(N2CC(C)(C)OC(C)(C)C2)cc(=O)[nH]1. The fourth-order valence-corrected chi connectivity index (χ4v) is 2.68. The average molecular weight is 251 g/mol. The van der Waals surface area contributed by atoms with Gasteiger partial charge in [0.25, 0.3) is 5.56 Å². The molecule has 1 aliphatic heterocycles. The topological polar surface area (TPSA) is 58.2 Å². The molecule has 0 bridgehead atoms. The van der Waals surface area contributed by atoms with Crippen LogP contribution in [0.5, 0.6) is 0 Å². The van der Waals surface area contributed by atoms with E-state index < -0.39 is 0 Å². The highest BCUT2D eigenvalue weighted by molar-refractivity contribution is 5.39. The number of ether oxygens (including phenoxy) is 1. The molecule has 0 spiro atoms. The first-order chi connectivity index (χ1) is 8.17. The Labute approximate surface area is 107 Å². The summed E-state index contributed by atoms with van der Waals surface area (Å²) in [7, 11) is 0. The lowest BCUT2D eigenvalue weighted by molar-refractivity contribution is -0.133. The van der Waals surface area contributed by atoms with Crippen LogP contribution in [-0.4, -0.2) is 34.3 Å². The van der Waals surface area contributed by atoms with E-state index in [2.05, 4.69) is 42.6 Å². The van der Waals surface area contributed by atoms with Crippen LogP contribution in [0, 0.1) is 6.92 Å². The molecule has 1 N–H and O–H groups in total. The largest absolute Gasteiger partial charge is 0.366 e. The van der Waals surface area contributed by atoms with Gasteiger partial charge in [-0.15, -0.1) is 0 Å². The molecule has 5 heteroatoms. The van der Waals surface area contributed by atoms with Gasteiger partial charge in [-0.2, -0.15) is 0 Å². The molecule has 0 atom stereocenters. The van der Waals surface area contributed by atoms with E-state index in [0.29, 0.717) is 5.82 Å². The highest BCUT2D eigenvalue weighted by Crippen LogP contribution is 2.30. The molecular formula is C13H21N3O2. The molecule has 0 amide bonds. The Morgan fingerprint density at radius 3 is 2.33 bits per heavy atom. The lowest BCUT2D eigenvalue weighted by atomic mass is 9.99. The number of H-pyrrole nitrogens is 1. The molecule has 2 rings (SSSR count). The number of aryl methyl sites for hydroxylation is 1. The number of nitrogens with one attached hydrogen (secondary N) is 1. The summed E-state index contributed by atoms with van der Waals surface area (Å²) in [5, 5.41) is 0. The van der Waals surface area contributed by atoms with E-state index in [4.69, 9.17) is 4.74 Å². The molecule has 0 aromatic carbocycles. The molecule has 0 radical (unpaired) electrons. The van der Waals surface area contributed by atoms with Crippen molar-refractivity contribution in [3.05, 3.63) is 22.2 Å². The van der Waals surface area contributed by atoms with Crippen molar-refractivity contribution in [2.75, 3.05) is 18.0 Å². The van der Waals surface area contributed by atoms with Crippen molar-refractivity contribution in [3.63, 3.8) is 0 Å². The van der Waals surface area contributed by atoms with Crippen molar-refractivity contribution in [1.29, 1.82) is 0 Å². The fraction of sp³-hybridized carbons (Fsp3) is 0.692. The predicted octanol–water partition coefficient (Wildman–Crippen LogP) is 1.47. The minimum absolute atomic E-state index is 0.111. The highest BCUT2D eigenvalue weighted by Gasteiger charge is 2.38. The van der Waals surface area contributed by atoms with Crippen molar-refractivity contribution in [1.82, 2.24) is 9.97 Å². The molecule has 0 aliphatic carbocycles. The van der Waals surface area contributed by atoms with Crippen LogP contribution in [0.15, 0.2) is 10.9 Å². The molecule has 1 saturated heterocycles. The van der Waals surface area contributed by atoms with Gasteiger partial charge in [0.05, 0.1) is 11.2 Å². The maximum absolute atomic E-state index is 11.5. The Bertz CT molecular complexity index is 489. The number of hydrogen-bond donors (Lipinski definition) is 1. The second-order valence-electron chi connectivity index (χ2n) is 6.17. The van der Waals surface area contributed by atoms with E-state index in [0.717, 1.165) is 18.9 Å². The van der Waals surface area contributed by atoms with Gasteiger partial charge in [0, 0.05) is 19.2 Å². The molecule has 1 aromatic rings. The Morgan fingerprint density at radius 2 is 1.83 bits per heavy atom. The van der Waals surface area contributed by atoms with Crippen LogP contribution in [0.4, 0.5) is 5.82 Å². The number of nitrogens with zero attached hydrogens (tertiary/aromatic N) is 2. The number of morpholine rings is 1. The van der Waals surface area contributed by atoms with Gasteiger partial charge in [0.15, 0.2) is 0 Å². The van der Waals surface area contributed by atoms with Crippen molar-refractivity contribution in [2.45, 2.75) is 45.8 Å². The number of rotatable bonds is 1. The maximum Gasteiger partial charge on any atom is 0.252 e. The third-order valence-electron chi connectivity index (χ3n) is 2.87. The van der Waals surface area contributed by atoms with Gasteiger partial charge in [-0.25, -0.2) is 4.98 Å². The molecule has 0 saturated carbocycles. The zero-order valence-corrected chi connectivity index (χ0v) is 11.7. The Kier molecular flexibility index (Phi) is 2.97. The van der Waals surface area contributed by atoms with Gasteiger partial charge < -0.3 is 14.6 Å². The Hall–Kier alpha value is -1.36. The summed E-state index contributed by atoms with van der Waals surface area (Å²) in [6.45, 7) is 11.5. The first-order valence-corrected chi connectivity index (χ1v) is 6.20. The van der Waals surface area contributed by atoms with Crippen LogP contribution in [0.3, 0.4) is 0 Å². The molecule has 1 aromatic heterocycles. The first kappa shape index (κ1) is 13.1. The predicted molar refractivity (Wildman–Crippen MR) is 71.1 cm³/mol. The number of hydrogen-bond acceptors (Lipinski definition) is 4. The molecule has 18 heavy (non-hydrogen) atoms. The number of aromatic nitrogens is 2. The van der Waals surface area contributed by atoms with Crippen molar-refractivity contribution >= 4 is 5.82 Å². The Morgan fingerprint density at radius 1 is 1.28 bits per heavy atom. The lowest BCUT2D eigenvalue weighted by Crippen LogP contribution is -2.57. The third kappa shape index (κ3) is 2.90. The summed E-state index contributed by atoms with van der Waals surface area (Å²) >= 11 is 0. The summed E-state index contributed by atoms with van der Waals surface area (Å²) in [6.07, 6.45) is 0. The van der Waals surface area contributed by atoms with Gasteiger partial charge in [0.2, 0.25) is 0 Å². The summed E-state index contributed by atoms with van der Waals surface area (Å²) in [5.41, 5.74) is -0.612. The van der Waals surface area contributed by atoms with Crippen LogP contribution in [0.25, 0.3) is 0 Å². The monoisotopic (exact) mass is 251 g/mol. The van der Waals surface area contributed by atoms with Crippen LogP contribution in [0.2, 0.25) is 0 Å². The van der Waals surface area contributed by atoms with Crippen molar-refractivity contribution in [3.8, 4) is 0 Å². The molecule has 2 heterocycles. The molecule has 0 unspecified atom stereocenters. The van der Waals surface area contributed by atoms with E-state index in [-0.39, 0.29) is 16.8 Å². The molecule has 100 valence electrons. The normalized spacial score (nSPS) is 21.9. The number of anilines is 1. The first-order valence-electron chi connectivity index (χ1n) is 6.20. The third-order valence-corrected chi connectivity index (χ3v) is 2.87. The van der Waals surface area contributed by atoms with Gasteiger partial charge in [-0.1, -0.05) is 0 Å². The summed E-state index contributed by atoms with van der Waals surface area (Å²) in [6, 6.07) is 1.55. The molecular weight excluding hydrogens is 230 g/mol. The van der Waals surface area contributed by atoms with Crippen LogP contribution in [0.1, 0.15) is 33.5 Å². The zero-order valence-electron chi connectivity index (χ0n) is 11.7. The van der Waals surface area contributed by atoms with E-state index in [1.54, 1.807) is 13.0 Å². The maximum atomic E-state index is 11.5. The molecule has 1 fully saturated rings. The zero-order chi connectivity index (χ0) is 13.6. The van der Waals surface area contributed by atoms with Gasteiger partial charge in [-0.3, -0.25) is 4.79 Å². The summed E-state index contributed by atoms with van der Waals surface area (Å²) in [4.78, 5) is 20.7. The van der Waals surface area contributed by atoms with E-state index in [9.17, 15) is 4.79 Å². The van der Waals surface area contributed by atoms with Gasteiger partial charge in [-0.05, 0) is 34.6 Å². The second kappa shape index (κ2) is 4.09. The molecule has 1 aliphatic rings. The van der Waals surface area contributed by atoms with E-state index >= 15 is 0 Å². The smallest absolute Gasteiger partial charge is 0.252 e. The standard InChI is InChI=1S/C13H21N3O2/c1-9-14-10(6-11(17)15-9)16-7-12(2,3)18-13(4,5)8-16/h6H,7-8H2,1-5H3,(H,14,15,17). The van der Waals surface area contributed by atoms with Gasteiger partial charge in [0.1, 0.15) is 11.6 Å². The van der Waals surface area contributed by atoms with Crippen LogP contribution < -0.4 is 10.5 Å². The van der Waals surface area contributed by atoms with Crippen molar-refractivity contribution in [2.24, 2.45) is 0 Å². The average Bonchev–Trinajstić information content (AvgIpc) is 2.10. The Balaban J connectivity index is 2.35. The fourth-order valence-electron chi connectivity index (χ4n) is 2.68. The van der Waals surface area contributed by atoms with Crippen LogP contribution >= 0.6 is 0 Å². The second-order valence-corrected chi connectivity index (χ2v) is 6.17. The summed E-state index contributed by atoms with van der Waals surface area (Å²) < 4.78 is 6.02.